The number of halogens is 3. The Hall–Kier alpha value is -1.31. The largest absolute Gasteiger partial charge is 0.573 e. The predicted molar refractivity (Wildman–Crippen MR) is 71.5 cm³/mol. The molecule has 0 amide bonds. The molecule has 118 valence electrons. The summed E-state index contributed by atoms with van der Waals surface area (Å²) in [4.78, 5) is 0. The van der Waals surface area contributed by atoms with E-state index in [1.54, 1.807) is 12.1 Å². The number of ether oxygens (including phenoxy) is 2. The normalized spacial score (nSPS) is 24.0. The molecule has 1 heterocycles. The Balaban J connectivity index is 1.98. The van der Waals surface area contributed by atoms with Crippen LogP contribution in [-0.2, 0) is 11.2 Å². The van der Waals surface area contributed by atoms with E-state index in [0.717, 1.165) is 12.0 Å². The van der Waals surface area contributed by atoms with E-state index >= 15 is 0 Å². The molecule has 1 aliphatic heterocycles. The number of hydrazine groups is 1. The van der Waals surface area contributed by atoms with Crippen molar-refractivity contribution in [3.05, 3.63) is 29.8 Å². The summed E-state index contributed by atoms with van der Waals surface area (Å²) in [6.45, 7) is 2.81. The quantitative estimate of drug-likeness (QED) is 0.648. The fourth-order valence-corrected chi connectivity index (χ4v) is 2.58. The second-order valence-electron chi connectivity index (χ2n) is 5.27. The first kappa shape index (κ1) is 16.1. The smallest absolute Gasteiger partial charge is 0.406 e. The predicted octanol–water partition coefficient (Wildman–Crippen LogP) is 2.38. The van der Waals surface area contributed by atoms with E-state index in [1.165, 1.54) is 12.1 Å². The standard InChI is InChI=1S/C14H19F3N2O2/c1-9-6-7-20-13(9)12(19-18)8-10-2-4-11(5-3-10)21-14(15,16)17/h2-5,9,12-13,19H,6-8,18H2,1H3. The van der Waals surface area contributed by atoms with Gasteiger partial charge in [0, 0.05) is 6.61 Å². The van der Waals surface area contributed by atoms with Gasteiger partial charge >= 0.3 is 6.36 Å². The van der Waals surface area contributed by atoms with Crippen LogP contribution in [0.2, 0.25) is 0 Å². The van der Waals surface area contributed by atoms with Crippen LogP contribution >= 0.6 is 0 Å². The third kappa shape index (κ3) is 4.59. The maximum Gasteiger partial charge on any atom is 0.573 e. The van der Waals surface area contributed by atoms with Crippen molar-refractivity contribution in [3.63, 3.8) is 0 Å². The van der Waals surface area contributed by atoms with Crippen molar-refractivity contribution >= 4 is 0 Å². The topological polar surface area (TPSA) is 56.5 Å². The molecular weight excluding hydrogens is 285 g/mol. The van der Waals surface area contributed by atoms with Crippen LogP contribution in [0.15, 0.2) is 24.3 Å². The Morgan fingerprint density at radius 3 is 2.52 bits per heavy atom. The molecule has 0 aromatic heterocycles. The van der Waals surface area contributed by atoms with E-state index in [9.17, 15) is 13.2 Å². The Kier molecular flexibility index (Phi) is 5.08. The molecular formula is C14H19F3N2O2. The number of hydrogen-bond acceptors (Lipinski definition) is 4. The molecule has 3 N–H and O–H groups in total. The molecule has 21 heavy (non-hydrogen) atoms. The summed E-state index contributed by atoms with van der Waals surface area (Å²) in [5.41, 5.74) is 3.61. The first-order chi connectivity index (χ1) is 9.89. The summed E-state index contributed by atoms with van der Waals surface area (Å²) in [6, 6.07) is 5.73. The number of nitrogens with two attached hydrogens (primary N) is 1. The summed E-state index contributed by atoms with van der Waals surface area (Å²) in [6.07, 6.45) is -3.09. The molecule has 0 radical (unpaired) electrons. The average Bonchev–Trinajstić information content (AvgIpc) is 2.82. The van der Waals surface area contributed by atoms with Gasteiger partial charge < -0.3 is 9.47 Å². The van der Waals surface area contributed by atoms with E-state index in [1.807, 2.05) is 0 Å². The third-order valence-corrected chi connectivity index (χ3v) is 3.67. The molecule has 0 bridgehead atoms. The fraction of sp³-hybridized carbons (Fsp3) is 0.571. The Morgan fingerprint density at radius 2 is 2.05 bits per heavy atom. The van der Waals surface area contributed by atoms with E-state index < -0.39 is 6.36 Å². The zero-order valence-electron chi connectivity index (χ0n) is 11.7. The van der Waals surface area contributed by atoms with Crippen molar-refractivity contribution in [1.82, 2.24) is 5.43 Å². The van der Waals surface area contributed by atoms with Crippen LogP contribution in [0.4, 0.5) is 13.2 Å². The number of hydrogen-bond donors (Lipinski definition) is 2. The van der Waals surface area contributed by atoms with Gasteiger partial charge in [-0.05, 0) is 36.5 Å². The second-order valence-corrected chi connectivity index (χ2v) is 5.27. The maximum absolute atomic E-state index is 12.1. The van der Waals surface area contributed by atoms with Crippen LogP contribution in [-0.4, -0.2) is 25.1 Å². The zero-order valence-corrected chi connectivity index (χ0v) is 11.7. The van der Waals surface area contributed by atoms with E-state index in [0.29, 0.717) is 18.9 Å². The van der Waals surface area contributed by atoms with Crippen molar-refractivity contribution in [2.75, 3.05) is 6.61 Å². The minimum Gasteiger partial charge on any atom is -0.406 e. The molecule has 1 aromatic carbocycles. The molecule has 0 aliphatic carbocycles. The van der Waals surface area contributed by atoms with Gasteiger partial charge in [-0.3, -0.25) is 11.3 Å². The summed E-state index contributed by atoms with van der Waals surface area (Å²) in [7, 11) is 0. The van der Waals surface area contributed by atoms with Gasteiger partial charge in [-0.1, -0.05) is 19.1 Å². The van der Waals surface area contributed by atoms with Crippen LogP contribution in [0, 0.1) is 5.92 Å². The minimum atomic E-state index is -4.67. The summed E-state index contributed by atoms with van der Waals surface area (Å²) in [5.74, 6) is 5.75. The highest BCUT2D eigenvalue weighted by atomic mass is 19.4. The van der Waals surface area contributed by atoms with Crippen molar-refractivity contribution in [3.8, 4) is 5.75 Å². The van der Waals surface area contributed by atoms with Crippen molar-refractivity contribution < 1.29 is 22.6 Å². The SMILES string of the molecule is CC1CCOC1C(Cc1ccc(OC(F)(F)F)cc1)NN. The van der Waals surface area contributed by atoms with Gasteiger partial charge in [-0.25, -0.2) is 0 Å². The van der Waals surface area contributed by atoms with Gasteiger partial charge in [0.05, 0.1) is 12.1 Å². The molecule has 0 saturated carbocycles. The lowest BCUT2D eigenvalue weighted by molar-refractivity contribution is -0.274. The van der Waals surface area contributed by atoms with Crippen LogP contribution in [0.1, 0.15) is 18.9 Å². The van der Waals surface area contributed by atoms with E-state index in [2.05, 4.69) is 17.1 Å². The van der Waals surface area contributed by atoms with E-state index in [-0.39, 0.29) is 17.9 Å². The zero-order chi connectivity index (χ0) is 15.5. The molecule has 2 rings (SSSR count). The lowest BCUT2D eigenvalue weighted by Gasteiger charge is -2.25. The monoisotopic (exact) mass is 304 g/mol. The lowest BCUT2D eigenvalue weighted by Crippen LogP contribution is -2.47. The molecule has 1 aromatic rings. The maximum atomic E-state index is 12.1. The Morgan fingerprint density at radius 1 is 1.38 bits per heavy atom. The van der Waals surface area contributed by atoms with Crippen molar-refractivity contribution in [2.45, 2.75) is 38.3 Å². The molecule has 3 atom stereocenters. The van der Waals surface area contributed by atoms with Crippen molar-refractivity contribution in [1.29, 1.82) is 0 Å². The molecule has 1 saturated heterocycles. The van der Waals surface area contributed by atoms with Gasteiger partial charge in [-0.15, -0.1) is 13.2 Å². The first-order valence-electron chi connectivity index (χ1n) is 6.81. The molecule has 7 heteroatoms. The highest BCUT2D eigenvalue weighted by Crippen LogP contribution is 2.26. The minimum absolute atomic E-state index is 0.0149. The first-order valence-corrected chi connectivity index (χ1v) is 6.81. The van der Waals surface area contributed by atoms with Gasteiger partial charge in [0.2, 0.25) is 0 Å². The number of rotatable bonds is 5. The third-order valence-electron chi connectivity index (χ3n) is 3.67. The Labute approximate surface area is 121 Å². The molecule has 1 aliphatic rings. The summed E-state index contributed by atoms with van der Waals surface area (Å²) < 4.78 is 45.8. The number of nitrogens with one attached hydrogen (secondary N) is 1. The van der Waals surface area contributed by atoms with Crippen LogP contribution in [0.5, 0.6) is 5.75 Å². The second kappa shape index (κ2) is 6.64. The highest BCUT2D eigenvalue weighted by Gasteiger charge is 2.32. The Bertz CT molecular complexity index is 451. The van der Waals surface area contributed by atoms with Gasteiger partial charge in [0.15, 0.2) is 0 Å². The molecule has 3 unspecified atom stereocenters. The molecule has 0 spiro atoms. The van der Waals surface area contributed by atoms with Crippen molar-refractivity contribution in [2.24, 2.45) is 11.8 Å². The highest BCUT2D eigenvalue weighted by molar-refractivity contribution is 5.28. The molecule has 1 fully saturated rings. The van der Waals surface area contributed by atoms with Gasteiger partial charge in [0.1, 0.15) is 5.75 Å². The van der Waals surface area contributed by atoms with Crippen LogP contribution < -0.4 is 16.0 Å². The summed E-state index contributed by atoms with van der Waals surface area (Å²) in [5, 5.41) is 0. The van der Waals surface area contributed by atoms with Gasteiger partial charge in [0.25, 0.3) is 0 Å². The fourth-order valence-electron chi connectivity index (χ4n) is 2.58. The molecule has 4 nitrogen and oxygen atoms in total. The lowest BCUT2D eigenvalue weighted by atomic mass is 9.93. The number of benzene rings is 1. The van der Waals surface area contributed by atoms with Gasteiger partial charge in [-0.2, -0.15) is 0 Å². The van der Waals surface area contributed by atoms with Crippen LogP contribution in [0.25, 0.3) is 0 Å². The average molecular weight is 304 g/mol. The van der Waals surface area contributed by atoms with E-state index in [4.69, 9.17) is 10.6 Å². The number of alkyl halides is 3. The van der Waals surface area contributed by atoms with Crippen LogP contribution in [0.3, 0.4) is 0 Å². The summed E-state index contributed by atoms with van der Waals surface area (Å²) >= 11 is 0.